The number of aromatic nitrogens is 2. The minimum atomic E-state index is 0.545. The molecule has 0 aromatic carbocycles. The monoisotopic (exact) mass is 284 g/mol. The molecule has 4 rings (SSSR count). The Morgan fingerprint density at radius 1 is 1.14 bits per heavy atom. The molecule has 2 fully saturated rings. The molecular weight excluding hydrogens is 264 g/mol. The van der Waals surface area contributed by atoms with Crippen LogP contribution in [0.15, 0.2) is 35.0 Å². The smallest absolute Gasteiger partial charge is 0.225 e. The van der Waals surface area contributed by atoms with Gasteiger partial charge in [-0.2, -0.15) is 0 Å². The molecule has 0 bridgehead atoms. The van der Waals surface area contributed by atoms with Crippen LogP contribution in [0.3, 0.4) is 0 Å². The van der Waals surface area contributed by atoms with E-state index in [2.05, 4.69) is 25.8 Å². The Morgan fingerprint density at radius 3 is 2.71 bits per heavy atom. The Labute approximate surface area is 124 Å². The van der Waals surface area contributed by atoms with Gasteiger partial charge in [0.25, 0.3) is 0 Å². The van der Waals surface area contributed by atoms with Crippen molar-refractivity contribution in [3.63, 3.8) is 0 Å². The molecule has 5 nitrogen and oxygen atoms in total. The van der Waals surface area contributed by atoms with Crippen LogP contribution < -0.4 is 4.90 Å². The molecular formula is C16H20N4O. The molecule has 4 heterocycles. The van der Waals surface area contributed by atoms with Gasteiger partial charge in [0.05, 0.1) is 6.54 Å². The summed E-state index contributed by atoms with van der Waals surface area (Å²) in [6.07, 6.45) is 6.02. The largest absolute Gasteiger partial charge is 0.465 e. The number of hydrogen-bond acceptors (Lipinski definition) is 5. The number of hydrogen-bond donors (Lipinski definition) is 0. The van der Waals surface area contributed by atoms with E-state index in [0.717, 1.165) is 37.1 Å². The molecule has 21 heavy (non-hydrogen) atoms. The lowest BCUT2D eigenvalue weighted by molar-refractivity contribution is 0.225. The molecule has 2 aromatic rings. The van der Waals surface area contributed by atoms with E-state index in [-0.39, 0.29) is 0 Å². The second-order valence-electron chi connectivity index (χ2n) is 5.94. The number of likely N-dealkylation sites (tertiary alicyclic amines) is 1. The molecule has 2 saturated heterocycles. The second kappa shape index (κ2) is 5.15. The molecule has 0 N–H and O–H groups in total. The van der Waals surface area contributed by atoms with Crippen LogP contribution in [-0.2, 0) is 6.54 Å². The fraction of sp³-hybridized carbons (Fsp3) is 0.500. The van der Waals surface area contributed by atoms with Gasteiger partial charge in [-0.1, -0.05) is 0 Å². The average Bonchev–Trinajstić information content (AvgIpc) is 3.18. The van der Waals surface area contributed by atoms with Crippen LogP contribution in [-0.4, -0.2) is 40.0 Å². The third kappa shape index (κ3) is 2.31. The highest BCUT2D eigenvalue weighted by Gasteiger charge is 2.43. The Bertz CT molecular complexity index is 612. The Kier molecular flexibility index (Phi) is 3.15. The molecule has 0 unspecified atom stereocenters. The Morgan fingerprint density at radius 2 is 1.95 bits per heavy atom. The van der Waals surface area contributed by atoms with Crippen molar-refractivity contribution in [3.05, 3.63) is 42.1 Å². The van der Waals surface area contributed by atoms with Crippen LogP contribution >= 0.6 is 0 Å². The van der Waals surface area contributed by atoms with Gasteiger partial charge in [0.2, 0.25) is 5.95 Å². The van der Waals surface area contributed by atoms with E-state index in [4.69, 9.17) is 4.42 Å². The lowest BCUT2D eigenvalue weighted by atomic mass is 10.1. The van der Waals surface area contributed by atoms with Gasteiger partial charge in [-0.05, 0) is 38.0 Å². The summed E-state index contributed by atoms with van der Waals surface area (Å²) in [5, 5.41) is 0. The molecule has 0 radical (unpaired) electrons. The predicted molar refractivity (Wildman–Crippen MR) is 80.0 cm³/mol. The van der Waals surface area contributed by atoms with E-state index >= 15 is 0 Å². The molecule has 0 aliphatic carbocycles. The van der Waals surface area contributed by atoms with Crippen LogP contribution in [0.1, 0.15) is 24.4 Å². The highest BCUT2D eigenvalue weighted by molar-refractivity contribution is 5.35. The van der Waals surface area contributed by atoms with Crippen molar-refractivity contribution in [2.75, 3.05) is 18.0 Å². The summed E-state index contributed by atoms with van der Waals surface area (Å²) in [4.78, 5) is 13.7. The highest BCUT2D eigenvalue weighted by Crippen LogP contribution is 2.34. The third-order valence-corrected chi connectivity index (χ3v) is 4.66. The normalized spacial score (nSPS) is 25.5. The van der Waals surface area contributed by atoms with Crippen molar-refractivity contribution >= 4 is 5.95 Å². The summed E-state index contributed by atoms with van der Waals surface area (Å²) in [6.45, 7) is 5.09. The maximum absolute atomic E-state index is 5.73. The topological polar surface area (TPSA) is 45.4 Å². The van der Waals surface area contributed by atoms with Crippen LogP contribution in [0.25, 0.3) is 0 Å². The second-order valence-corrected chi connectivity index (χ2v) is 5.94. The number of aryl methyl sites for hydroxylation is 1. The minimum Gasteiger partial charge on any atom is -0.465 e. The fourth-order valence-corrected chi connectivity index (χ4v) is 3.73. The quantitative estimate of drug-likeness (QED) is 0.865. The Balaban J connectivity index is 1.48. The lowest BCUT2D eigenvalue weighted by Gasteiger charge is -2.25. The van der Waals surface area contributed by atoms with Crippen molar-refractivity contribution in [2.24, 2.45) is 0 Å². The van der Waals surface area contributed by atoms with Gasteiger partial charge in [0.1, 0.15) is 11.5 Å². The summed E-state index contributed by atoms with van der Waals surface area (Å²) in [5.74, 6) is 2.94. The van der Waals surface area contributed by atoms with Crippen LogP contribution in [0.5, 0.6) is 0 Å². The zero-order chi connectivity index (χ0) is 14.2. The number of nitrogens with zero attached hydrogens (tertiary/aromatic N) is 4. The first-order chi connectivity index (χ1) is 10.3. The number of rotatable bonds is 3. The molecule has 0 saturated carbocycles. The van der Waals surface area contributed by atoms with Gasteiger partial charge in [0.15, 0.2) is 0 Å². The maximum Gasteiger partial charge on any atom is 0.225 e. The number of furan rings is 1. The van der Waals surface area contributed by atoms with E-state index < -0.39 is 0 Å². The molecule has 110 valence electrons. The van der Waals surface area contributed by atoms with E-state index in [1.165, 1.54) is 12.8 Å². The van der Waals surface area contributed by atoms with Crippen molar-refractivity contribution in [1.82, 2.24) is 14.9 Å². The number of fused-ring (bicyclic) bond motifs is 1. The van der Waals surface area contributed by atoms with Crippen LogP contribution in [0.4, 0.5) is 5.95 Å². The fourth-order valence-electron chi connectivity index (χ4n) is 3.73. The first-order valence-corrected chi connectivity index (χ1v) is 7.64. The molecule has 2 aromatic heterocycles. The first kappa shape index (κ1) is 12.8. The standard InChI is InChI=1S/C16H20N4O/c1-12-3-4-13(21-12)11-19-9-5-15-14(19)6-10-20(15)16-17-7-2-8-18-16/h2-4,7-8,14-15H,5-6,9-11H2,1H3/t14-,15+/m0/s1. The summed E-state index contributed by atoms with van der Waals surface area (Å²) in [6, 6.07) is 7.15. The maximum atomic E-state index is 5.73. The van der Waals surface area contributed by atoms with Crippen molar-refractivity contribution < 1.29 is 4.42 Å². The van der Waals surface area contributed by atoms with Crippen LogP contribution in [0, 0.1) is 6.92 Å². The van der Waals surface area contributed by atoms with E-state index in [1.54, 1.807) is 0 Å². The molecule has 5 heteroatoms. The molecule has 0 spiro atoms. The summed E-state index contributed by atoms with van der Waals surface area (Å²) in [5.41, 5.74) is 0. The van der Waals surface area contributed by atoms with Gasteiger partial charge >= 0.3 is 0 Å². The van der Waals surface area contributed by atoms with Crippen molar-refractivity contribution in [3.8, 4) is 0 Å². The van der Waals surface area contributed by atoms with Gasteiger partial charge in [-0.15, -0.1) is 0 Å². The Hall–Kier alpha value is -1.88. The number of anilines is 1. The summed E-state index contributed by atoms with van der Waals surface area (Å²) >= 11 is 0. The van der Waals surface area contributed by atoms with E-state index in [0.29, 0.717) is 12.1 Å². The highest BCUT2D eigenvalue weighted by atomic mass is 16.3. The minimum absolute atomic E-state index is 0.545. The SMILES string of the molecule is Cc1ccc(CN2CC[C@@H]3[C@@H]2CCN3c2ncccn2)o1. The molecule has 2 aliphatic heterocycles. The van der Waals surface area contributed by atoms with Crippen LogP contribution in [0.2, 0.25) is 0 Å². The molecule has 2 atom stereocenters. The molecule has 2 aliphatic rings. The zero-order valence-electron chi connectivity index (χ0n) is 12.3. The summed E-state index contributed by atoms with van der Waals surface area (Å²) < 4.78 is 5.73. The van der Waals surface area contributed by atoms with Gasteiger partial charge in [-0.3, -0.25) is 4.90 Å². The van der Waals surface area contributed by atoms with E-state index in [9.17, 15) is 0 Å². The summed E-state index contributed by atoms with van der Waals surface area (Å²) in [7, 11) is 0. The predicted octanol–water partition coefficient (Wildman–Crippen LogP) is 2.23. The van der Waals surface area contributed by atoms with Gasteiger partial charge in [0, 0.05) is 37.6 Å². The zero-order valence-corrected chi connectivity index (χ0v) is 12.3. The van der Waals surface area contributed by atoms with Crippen molar-refractivity contribution in [1.29, 1.82) is 0 Å². The average molecular weight is 284 g/mol. The lowest BCUT2D eigenvalue weighted by Crippen LogP contribution is -2.36. The van der Waals surface area contributed by atoms with Gasteiger partial charge in [-0.25, -0.2) is 9.97 Å². The van der Waals surface area contributed by atoms with E-state index in [1.807, 2.05) is 31.5 Å². The van der Waals surface area contributed by atoms with Gasteiger partial charge < -0.3 is 9.32 Å². The first-order valence-electron chi connectivity index (χ1n) is 7.64. The van der Waals surface area contributed by atoms with Crippen molar-refractivity contribution in [2.45, 2.75) is 38.4 Å². The molecule has 0 amide bonds. The third-order valence-electron chi connectivity index (χ3n) is 4.66.